The van der Waals surface area contributed by atoms with Gasteiger partial charge in [0.05, 0.1) is 13.7 Å². The molecular formula is C22H22ClN3O4S. The van der Waals surface area contributed by atoms with Gasteiger partial charge >= 0.3 is 5.97 Å². The SMILES string of the molecule is CCOc1c(/C=C(\Sc2nnc(-c3ccc(Cl)cc3)n2CC)C(=O)O)cccc1OC. The van der Waals surface area contributed by atoms with Crippen LogP contribution in [-0.2, 0) is 11.3 Å². The lowest BCUT2D eigenvalue weighted by molar-refractivity contribution is -0.131. The molecule has 0 saturated carbocycles. The molecule has 0 saturated heterocycles. The van der Waals surface area contributed by atoms with Crippen LogP contribution < -0.4 is 9.47 Å². The Morgan fingerprint density at radius 3 is 2.55 bits per heavy atom. The Hall–Kier alpha value is -2.97. The van der Waals surface area contributed by atoms with E-state index in [1.54, 1.807) is 43.5 Å². The zero-order chi connectivity index (χ0) is 22.4. The number of hydrogen-bond acceptors (Lipinski definition) is 6. The number of methoxy groups -OCH3 is 1. The number of halogens is 1. The Labute approximate surface area is 189 Å². The topological polar surface area (TPSA) is 86.5 Å². The Kier molecular flexibility index (Phi) is 7.59. The van der Waals surface area contributed by atoms with E-state index in [0.29, 0.717) is 46.2 Å². The van der Waals surface area contributed by atoms with Crippen molar-refractivity contribution < 1.29 is 19.4 Å². The largest absolute Gasteiger partial charge is 0.493 e. The third-order valence-corrected chi connectivity index (χ3v) is 5.60. The maximum absolute atomic E-state index is 12.0. The summed E-state index contributed by atoms with van der Waals surface area (Å²) in [5.41, 5.74) is 1.45. The van der Waals surface area contributed by atoms with Gasteiger partial charge in [0, 0.05) is 22.7 Å². The number of hydrogen-bond donors (Lipinski definition) is 1. The summed E-state index contributed by atoms with van der Waals surface area (Å²) in [6.45, 7) is 4.80. The normalized spacial score (nSPS) is 11.4. The van der Waals surface area contributed by atoms with Gasteiger partial charge in [-0.15, -0.1) is 10.2 Å². The van der Waals surface area contributed by atoms with Crippen LogP contribution in [0.3, 0.4) is 0 Å². The molecule has 1 heterocycles. The average Bonchev–Trinajstić information content (AvgIpc) is 3.17. The van der Waals surface area contributed by atoms with Crippen molar-refractivity contribution in [3.63, 3.8) is 0 Å². The molecule has 162 valence electrons. The summed E-state index contributed by atoms with van der Waals surface area (Å²) < 4.78 is 12.9. The van der Waals surface area contributed by atoms with Gasteiger partial charge in [-0.3, -0.25) is 0 Å². The third-order valence-electron chi connectivity index (χ3n) is 4.35. The van der Waals surface area contributed by atoms with E-state index in [9.17, 15) is 9.90 Å². The number of carbonyl (C=O) groups is 1. The molecule has 0 unspecified atom stereocenters. The second kappa shape index (κ2) is 10.4. The van der Waals surface area contributed by atoms with Crippen molar-refractivity contribution in [2.45, 2.75) is 25.5 Å². The molecule has 7 nitrogen and oxygen atoms in total. The number of carboxylic acid groups (broad SMARTS) is 1. The molecule has 0 aliphatic heterocycles. The minimum atomic E-state index is -1.08. The molecule has 2 aromatic carbocycles. The highest BCUT2D eigenvalue weighted by Gasteiger charge is 2.19. The van der Waals surface area contributed by atoms with Gasteiger partial charge in [-0.1, -0.05) is 23.7 Å². The zero-order valence-electron chi connectivity index (χ0n) is 17.3. The van der Waals surface area contributed by atoms with Gasteiger partial charge in [-0.2, -0.15) is 0 Å². The fourth-order valence-electron chi connectivity index (χ4n) is 2.94. The standard InChI is InChI=1S/C22H22ClN3O4S/c1-4-26-20(14-9-11-16(23)12-10-14)24-25-22(26)31-18(21(27)28)13-15-7-6-8-17(29-3)19(15)30-5-2/h6-13H,4-5H2,1-3H3,(H,27,28)/b18-13-. The van der Waals surface area contributed by atoms with Crippen LogP contribution in [0.25, 0.3) is 17.5 Å². The van der Waals surface area contributed by atoms with Crippen LogP contribution in [0.4, 0.5) is 0 Å². The average molecular weight is 460 g/mol. The zero-order valence-corrected chi connectivity index (χ0v) is 18.9. The second-order valence-electron chi connectivity index (χ2n) is 6.28. The maximum atomic E-state index is 12.0. The molecule has 3 rings (SSSR count). The van der Waals surface area contributed by atoms with E-state index in [4.69, 9.17) is 21.1 Å². The number of rotatable bonds is 9. The van der Waals surface area contributed by atoms with Crippen molar-refractivity contribution in [2.75, 3.05) is 13.7 Å². The number of benzene rings is 2. The van der Waals surface area contributed by atoms with E-state index in [0.717, 1.165) is 17.3 Å². The van der Waals surface area contributed by atoms with Crippen LogP contribution in [0.1, 0.15) is 19.4 Å². The van der Waals surface area contributed by atoms with Crippen LogP contribution in [0.15, 0.2) is 52.5 Å². The molecule has 0 radical (unpaired) electrons. The summed E-state index contributed by atoms with van der Waals surface area (Å²) in [6.07, 6.45) is 1.55. The number of carboxylic acids is 1. The first-order valence-electron chi connectivity index (χ1n) is 9.60. The summed E-state index contributed by atoms with van der Waals surface area (Å²) in [7, 11) is 1.54. The molecule has 0 aliphatic rings. The van der Waals surface area contributed by atoms with E-state index in [1.165, 1.54) is 0 Å². The van der Waals surface area contributed by atoms with Crippen LogP contribution in [0.2, 0.25) is 5.02 Å². The summed E-state index contributed by atoms with van der Waals surface area (Å²) in [6, 6.07) is 12.6. The van der Waals surface area contributed by atoms with Gasteiger partial charge in [0.1, 0.15) is 4.91 Å². The first kappa shape index (κ1) is 22.7. The highest BCUT2D eigenvalue weighted by atomic mass is 35.5. The van der Waals surface area contributed by atoms with E-state index in [2.05, 4.69) is 10.2 Å². The predicted octanol–water partition coefficient (Wildman–Crippen LogP) is 5.24. The van der Waals surface area contributed by atoms with Crippen molar-refractivity contribution in [3.05, 3.63) is 58.0 Å². The van der Waals surface area contributed by atoms with E-state index in [1.807, 2.05) is 30.5 Å². The third kappa shape index (κ3) is 5.21. The van der Waals surface area contributed by atoms with E-state index in [-0.39, 0.29) is 4.91 Å². The second-order valence-corrected chi connectivity index (χ2v) is 7.73. The fourth-order valence-corrected chi connectivity index (χ4v) is 3.95. The number of nitrogens with zero attached hydrogens (tertiary/aromatic N) is 3. The van der Waals surface area contributed by atoms with Gasteiger partial charge in [0.2, 0.25) is 0 Å². The fraction of sp³-hybridized carbons (Fsp3) is 0.227. The number of para-hydroxylation sites is 1. The smallest absolute Gasteiger partial charge is 0.342 e. The number of aliphatic carboxylic acids is 1. The molecule has 0 spiro atoms. The first-order chi connectivity index (χ1) is 15.0. The lowest BCUT2D eigenvalue weighted by Gasteiger charge is -2.13. The summed E-state index contributed by atoms with van der Waals surface area (Å²) in [5.74, 6) is 0.592. The maximum Gasteiger partial charge on any atom is 0.342 e. The van der Waals surface area contributed by atoms with Crippen molar-refractivity contribution >= 4 is 35.4 Å². The Bertz CT molecular complexity index is 1100. The molecule has 0 atom stereocenters. The Balaban J connectivity index is 2.00. The van der Waals surface area contributed by atoms with Crippen molar-refractivity contribution in [2.24, 2.45) is 0 Å². The summed E-state index contributed by atoms with van der Waals surface area (Å²) in [5, 5.41) is 19.4. The minimum absolute atomic E-state index is 0.0824. The molecule has 0 bridgehead atoms. The molecule has 9 heteroatoms. The molecule has 3 aromatic rings. The van der Waals surface area contributed by atoms with Gasteiger partial charge in [0.25, 0.3) is 0 Å². The molecule has 31 heavy (non-hydrogen) atoms. The highest BCUT2D eigenvalue weighted by Crippen LogP contribution is 2.36. The van der Waals surface area contributed by atoms with Gasteiger partial charge in [-0.05, 0) is 62.0 Å². The molecular weight excluding hydrogens is 438 g/mol. The van der Waals surface area contributed by atoms with Crippen LogP contribution in [0.5, 0.6) is 11.5 Å². The van der Waals surface area contributed by atoms with Crippen LogP contribution in [0, 0.1) is 0 Å². The monoisotopic (exact) mass is 459 g/mol. The molecule has 0 aliphatic carbocycles. The van der Waals surface area contributed by atoms with Crippen LogP contribution >= 0.6 is 23.4 Å². The minimum Gasteiger partial charge on any atom is -0.493 e. The Morgan fingerprint density at radius 1 is 1.19 bits per heavy atom. The van der Waals surface area contributed by atoms with Crippen LogP contribution in [-0.4, -0.2) is 39.6 Å². The molecule has 1 N–H and O–H groups in total. The number of aromatic nitrogens is 3. The van der Waals surface area contributed by atoms with E-state index < -0.39 is 5.97 Å². The lowest BCUT2D eigenvalue weighted by atomic mass is 10.1. The first-order valence-corrected chi connectivity index (χ1v) is 10.8. The molecule has 0 fully saturated rings. The quantitative estimate of drug-likeness (QED) is 0.345. The summed E-state index contributed by atoms with van der Waals surface area (Å²) in [4.78, 5) is 12.1. The van der Waals surface area contributed by atoms with Crippen molar-refractivity contribution in [1.82, 2.24) is 14.8 Å². The van der Waals surface area contributed by atoms with Crippen molar-refractivity contribution in [3.8, 4) is 22.9 Å². The van der Waals surface area contributed by atoms with Gasteiger partial charge < -0.3 is 19.1 Å². The lowest BCUT2D eigenvalue weighted by Crippen LogP contribution is -2.03. The van der Waals surface area contributed by atoms with E-state index >= 15 is 0 Å². The number of thioether (sulfide) groups is 1. The summed E-state index contributed by atoms with van der Waals surface area (Å²) >= 11 is 7.01. The van der Waals surface area contributed by atoms with Gasteiger partial charge in [0.15, 0.2) is 22.5 Å². The Morgan fingerprint density at radius 2 is 1.94 bits per heavy atom. The number of ether oxygens (including phenoxy) is 2. The molecule has 1 aromatic heterocycles. The highest BCUT2D eigenvalue weighted by molar-refractivity contribution is 8.04. The van der Waals surface area contributed by atoms with Gasteiger partial charge in [-0.25, -0.2) is 4.79 Å². The molecule has 0 amide bonds. The van der Waals surface area contributed by atoms with Crippen molar-refractivity contribution in [1.29, 1.82) is 0 Å². The predicted molar refractivity (Wildman–Crippen MR) is 122 cm³/mol.